The van der Waals surface area contributed by atoms with Crippen LogP contribution in [0.15, 0.2) is 17.2 Å². The summed E-state index contributed by atoms with van der Waals surface area (Å²) < 4.78 is 4.65. The van der Waals surface area contributed by atoms with Gasteiger partial charge in [-0.25, -0.2) is 9.97 Å². The van der Waals surface area contributed by atoms with E-state index in [0.717, 1.165) is 17.8 Å². The Morgan fingerprint density at radius 1 is 1.35 bits per heavy atom. The molecule has 0 amide bonds. The molecule has 0 aromatic carbocycles. The van der Waals surface area contributed by atoms with Gasteiger partial charge < -0.3 is 15.6 Å². The molecule has 2 heterocycles. The fourth-order valence-electron chi connectivity index (χ4n) is 1.52. The molecular weight excluding hydrogens is 220 g/mol. The second-order valence-corrected chi connectivity index (χ2v) is 3.46. The number of hydrogen-bond donors (Lipinski definition) is 2. The monoisotopic (exact) mass is 234 g/mol. The van der Waals surface area contributed by atoms with Crippen LogP contribution in [0.5, 0.6) is 0 Å². The van der Waals surface area contributed by atoms with E-state index in [2.05, 4.69) is 29.9 Å². The van der Waals surface area contributed by atoms with Crippen LogP contribution in [0.3, 0.4) is 0 Å². The highest BCUT2D eigenvalue weighted by Gasteiger charge is 2.06. The Kier molecular flexibility index (Phi) is 3.49. The molecule has 0 unspecified atom stereocenters. The first-order chi connectivity index (χ1) is 8.31. The quantitative estimate of drug-likeness (QED) is 0.783. The van der Waals surface area contributed by atoms with E-state index in [9.17, 15) is 0 Å². The molecule has 0 bridgehead atoms. The van der Waals surface area contributed by atoms with Gasteiger partial charge in [0.25, 0.3) is 0 Å². The van der Waals surface area contributed by atoms with Gasteiger partial charge in [0, 0.05) is 18.5 Å². The Morgan fingerprint density at radius 3 is 2.94 bits per heavy atom. The Bertz CT molecular complexity index is 470. The summed E-state index contributed by atoms with van der Waals surface area (Å²) in [5.41, 5.74) is 6.70. The highest BCUT2D eigenvalue weighted by atomic mass is 16.5. The molecule has 0 fully saturated rings. The molecule has 0 spiro atoms. The summed E-state index contributed by atoms with van der Waals surface area (Å²) in [6, 6.07) is 0. The van der Waals surface area contributed by atoms with Gasteiger partial charge in [0.05, 0.1) is 0 Å². The van der Waals surface area contributed by atoms with Gasteiger partial charge in [-0.15, -0.1) is 0 Å². The topological polar surface area (TPSA) is 103 Å². The molecule has 0 saturated heterocycles. The van der Waals surface area contributed by atoms with Crippen molar-refractivity contribution in [3.8, 4) is 0 Å². The van der Waals surface area contributed by atoms with Crippen LogP contribution in [0.1, 0.15) is 18.3 Å². The standard InChI is InChI=1S/C10H14N6O/c1-2-7-9(11)13-5-14-10(7)12-4-3-8-15-6-17-16-8/h5-6H,2-4H2,1H3,(H3,11,12,13,14). The third-order valence-electron chi connectivity index (χ3n) is 2.38. The van der Waals surface area contributed by atoms with Crippen molar-refractivity contribution in [2.24, 2.45) is 0 Å². The van der Waals surface area contributed by atoms with E-state index in [1.54, 1.807) is 0 Å². The van der Waals surface area contributed by atoms with Crippen molar-refractivity contribution < 1.29 is 4.52 Å². The van der Waals surface area contributed by atoms with Gasteiger partial charge in [0.15, 0.2) is 5.82 Å². The number of nitrogens with zero attached hydrogens (tertiary/aromatic N) is 4. The second kappa shape index (κ2) is 5.24. The molecular formula is C10H14N6O. The summed E-state index contributed by atoms with van der Waals surface area (Å²) in [6.45, 7) is 2.68. The number of aromatic nitrogens is 4. The smallest absolute Gasteiger partial charge is 0.213 e. The van der Waals surface area contributed by atoms with Crippen molar-refractivity contribution in [1.82, 2.24) is 20.1 Å². The predicted molar refractivity (Wildman–Crippen MR) is 62.3 cm³/mol. The van der Waals surface area contributed by atoms with Crippen molar-refractivity contribution in [2.45, 2.75) is 19.8 Å². The van der Waals surface area contributed by atoms with Crippen molar-refractivity contribution in [3.05, 3.63) is 24.1 Å². The lowest BCUT2D eigenvalue weighted by atomic mass is 10.2. The Balaban J connectivity index is 1.97. The number of nitrogen functional groups attached to an aromatic ring is 1. The van der Waals surface area contributed by atoms with Crippen LogP contribution in [0.25, 0.3) is 0 Å². The van der Waals surface area contributed by atoms with E-state index in [-0.39, 0.29) is 0 Å². The predicted octanol–water partition coefficient (Wildman–Crippen LogP) is 0.659. The SMILES string of the molecule is CCc1c(N)ncnc1NCCc1ncon1. The van der Waals surface area contributed by atoms with Gasteiger partial charge in [-0.2, -0.15) is 4.98 Å². The van der Waals surface area contributed by atoms with Crippen LogP contribution in [0.4, 0.5) is 11.6 Å². The van der Waals surface area contributed by atoms with E-state index >= 15 is 0 Å². The lowest BCUT2D eigenvalue weighted by molar-refractivity contribution is 0.410. The highest BCUT2D eigenvalue weighted by molar-refractivity contribution is 5.54. The Labute approximate surface area is 98.5 Å². The molecule has 0 atom stereocenters. The van der Waals surface area contributed by atoms with Gasteiger partial charge in [-0.1, -0.05) is 12.1 Å². The molecule has 90 valence electrons. The van der Waals surface area contributed by atoms with Crippen molar-refractivity contribution in [1.29, 1.82) is 0 Å². The summed E-state index contributed by atoms with van der Waals surface area (Å²) in [6.07, 6.45) is 4.22. The largest absolute Gasteiger partial charge is 0.383 e. The normalized spacial score (nSPS) is 10.4. The Hall–Kier alpha value is -2.18. The third kappa shape index (κ3) is 2.68. The lowest BCUT2D eigenvalue weighted by Crippen LogP contribution is -2.11. The average molecular weight is 234 g/mol. The molecule has 2 aromatic heterocycles. The number of nitrogens with one attached hydrogen (secondary N) is 1. The van der Waals surface area contributed by atoms with Crippen LogP contribution >= 0.6 is 0 Å². The molecule has 0 aliphatic rings. The van der Waals surface area contributed by atoms with Gasteiger partial charge in [-0.3, -0.25) is 0 Å². The number of nitrogens with two attached hydrogens (primary N) is 1. The summed E-state index contributed by atoms with van der Waals surface area (Å²) in [5.74, 6) is 1.95. The van der Waals surface area contributed by atoms with Crippen LogP contribution in [-0.2, 0) is 12.8 Å². The second-order valence-electron chi connectivity index (χ2n) is 3.46. The molecule has 0 aliphatic carbocycles. The first-order valence-electron chi connectivity index (χ1n) is 5.39. The van der Waals surface area contributed by atoms with Crippen LogP contribution in [0.2, 0.25) is 0 Å². The van der Waals surface area contributed by atoms with Crippen molar-refractivity contribution in [2.75, 3.05) is 17.6 Å². The van der Waals surface area contributed by atoms with Crippen LogP contribution < -0.4 is 11.1 Å². The zero-order valence-electron chi connectivity index (χ0n) is 9.55. The molecule has 3 N–H and O–H groups in total. The van der Waals surface area contributed by atoms with E-state index in [0.29, 0.717) is 24.6 Å². The highest BCUT2D eigenvalue weighted by Crippen LogP contribution is 2.17. The molecule has 17 heavy (non-hydrogen) atoms. The van der Waals surface area contributed by atoms with Gasteiger partial charge in [0.1, 0.15) is 18.0 Å². The van der Waals surface area contributed by atoms with E-state index in [4.69, 9.17) is 5.73 Å². The van der Waals surface area contributed by atoms with E-state index in [1.165, 1.54) is 12.7 Å². The number of hydrogen-bond acceptors (Lipinski definition) is 7. The maximum absolute atomic E-state index is 5.77. The minimum absolute atomic E-state index is 0.518. The van der Waals surface area contributed by atoms with Crippen LogP contribution in [0, 0.1) is 0 Å². The summed E-state index contributed by atoms with van der Waals surface area (Å²) in [4.78, 5) is 12.1. The maximum atomic E-state index is 5.77. The molecule has 7 heteroatoms. The van der Waals surface area contributed by atoms with Crippen molar-refractivity contribution >= 4 is 11.6 Å². The van der Waals surface area contributed by atoms with Gasteiger partial charge in [0.2, 0.25) is 6.39 Å². The number of anilines is 2. The molecule has 7 nitrogen and oxygen atoms in total. The first kappa shape index (κ1) is 11.3. The lowest BCUT2D eigenvalue weighted by Gasteiger charge is -2.09. The van der Waals surface area contributed by atoms with Crippen LogP contribution in [-0.4, -0.2) is 26.7 Å². The van der Waals surface area contributed by atoms with E-state index in [1.807, 2.05) is 6.92 Å². The van der Waals surface area contributed by atoms with E-state index < -0.39 is 0 Å². The molecule has 2 aromatic rings. The minimum atomic E-state index is 0.518. The molecule has 0 aliphatic heterocycles. The summed E-state index contributed by atoms with van der Waals surface area (Å²) >= 11 is 0. The third-order valence-corrected chi connectivity index (χ3v) is 2.38. The van der Waals surface area contributed by atoms with Gasteiger partial charge in [-0.05, 0) is 6.42 Å². The zero-order chi connectivity index (χ0) is 12.1. The zero-order valence-corrected chi connectivity index (χ0v) is 9.55. The maximum Gasteiger partial charge on any atom is 0.213 e. The average Bonchev–Trinajstić information content (AvgIpc) is 2.82. The summed E-state index contributed by atoms with van der Waals surface area (Å²) in [5, 5.41) is 6.91. The Morgan fingerprint density at radius 2 is 2.24 bits per heavy atom. The fraction of sp³-hybridized carbons (Fsp3) is 0.400. The molecule has 0 saturated carbocycles. The molecule has 0 radical (unpaired) electrons. The summed E-state index contributed by atoms with van der Waals surface area (Å²) in [7, 11) is 0. The number of rotatable bonds is 5. The molecule has 2 rings (SSSR count). The van der Waals surface area contributed by atoms with Gasteiger partial charge >= 0.3 is 0 Å². The fourth-order valence-corrected chi connectivity index (χ4v) is 1.52. The van der Waals surface area contributed by atoms with Crippen molar-refractivity contribution in [3.63, 3.8) is 0 Å². The minimum Gasteiger partial charge on any atom is -0.383 e. The first-order valence-corrected chi connectivity index (χ1v) is 5.39.